The zero-order chi connectivity index (χ0) is 20.1. The number of hydrogen-bond donors (Lipinski definition) is 2. The van der Waals surface area contributed by atoms with Crippen LogP contribution in [-0.2, 0) is 6.54 Å². The Kier molecular flexibility index (Phi) is 6.29. The highest BCUT2D eigenvalue weighted by atomic mass is 32.1. The van der Waals surface area contributed by atoms with Crippen molar-refractivity contribution in [3.8, 4) is 11.5 Å². The molecule has 0 radical (unpaired) electrons. The lowest BCUT2D eigenvalue weighted by molar-refractivity contribution is 0.171. The third-order valence-corrected chi connectivity index (χ3v) is 5.30. The van der Waals surface area contributed by atoms with Crippen LogP contribution < -0.4 is 25.0 Å². The van der Waals surface area contributed by atoms with Gasteiger partial charge in [-0.05, 0) is 49.7 Å². The summed E-state index contributed by atoms with van der Waals surface area (Å²) in [4.78, 5) is 11.5. The van der Waals surface area contributed by atoms with Gasteiger partial charge < -0.3 is 25.0 Å². The predicted molar refractivity (Wildman–Crippen MR) is 118 cm³/mol. The van der Waals surface area contributed by atoms with Crippen LogP contribution in [0.5, 0.6) is 11.5 Å². The first kappa shape index (κ1) is 19.7. The summed E-state index contributed by atoms with van der Waals surface area (Å²) in [6, 6.07) is 7.95. The standard InChI is InChI=1S/C21H27N5O2S/c1-15-12-19(26-8-4-2-3-5-9-26)24-20(23-15)25-21(29)22-14-16-6-7-17-18(13-16)28-11-10-27-17/h6-7,12-13H,2-5,8-11,14H2,1H3,(H2,22,23,24,25,29). The minimum Gasteiger partial charge on any atom is -0.486 e. The van der Waals surface area contributed by atoms with Crippen molar-refractivity contribution in [2.24, 2.45) is 0 Å². The van der Waals surface area contributed by atoms with Crippen LogP contribution in [0.15, 0.2) is 24.3 Å². The van der Waals surface area contributed by atoms with Gasteiger partial charge in [-0.3, -0.25) is 0 Å². The summed E-state index contributed by atoms with van der Waals surface area (Å²) < 4.78 is 11.2. The zero-order valence-electron chi connectivity index (χ0n) is 16.7. The smallest absolute Gasteiger partial charge is 0.231 e. The molecule has 2 aromatic rings. The topological polar surface area (TPSA) is 71.5 Å². The normalized spacial score (nSPS) is 16.1. The fourth-order valence-electron chi connectivity index (χ4n) is 3.60. The van der Waals surface area contributed by atoms with E-state index in [0.29, 0.717) is 30.8 Å². The molecule has 0 spiro atoms. The second-order valence-corrected chi connectivity index (χ2v) is 7.79. The number of aromatic nitrogens is 2. The summed E-state index contributed by atoms with van der Waals surface area (Å²) >= 11 is 5.45. The molecule has 0 amide bonds. The highest BCUT2D eigenvalue weighted by Gasteiger charge is 2.14. The molecule has 1 fully saturated rings. The Hall–Kier alpha value is -2.61. The molecule has 0 unspecified atom stereocenters. The molecule has 2 N–H and O–H groups in total. The molecule has 2 aliphatic heterocycles. The molecule has 4 rings (SSSR count). The van der Waals surface area contributed by atoms with Gasteiger partial charge in [0.05, 0.1) is 0 Å². The Balaban J connectivity index is 1.36. The Morgan fingerprint density at radius 3 is 2.59 bits per heavy atom. The first-order valence-corrected chi connectivity index (χ1v) is 10.6. The molecule has 1 saturated heterocycles. The highest BCUT2D eigenvalue weighted by molar-refractivity contribution is 7.80. The number of rotatable bonds is 4. The first-order valence-electron chi connectivity index (χ1n) is 10.2. The lowest BCUT2D eigenvalue weighted by Crippen LogP contribution is -2.30. The highest BCUT2D eigenvalue weighted by Crippen LogP contribution is 2.30. The Morgan fingerprint density at radius 2 is 1.79 bits per heavy atom. The fourth-order valence-corrected chi connectivity index (χ4v) is 3.76. The minimum atomic E-state index is 0.493. The van der Waals surface area contributed by atoms with Gasteiger partial charge in [-0.2, -0.15) is 4.98 Å². The van der Waals surface area contributed by atoms with Crippen molar-refractivity contribution in [2.45, 2.75) is 39.2 Å². The van der Waals surface area contributed by atoms with E-state index >= 15 is 0 Å². The van der Waals surface area contributed by atoms with Crippen LogP contribution in [0, 0.1) is 6.92 Å². The lowest BCUT2D eigenvalue weighted by Gasteiger charge is -2.22. The predicted octanol–water partition coefficient (Wildman–Crippen LogP) is 3.42. The molecule has 1 aromatic carbocycles. The number of ether oxygens (including phenoxy) is 2. The number of thiocarbonyl (C=S) groups is 1. The van der Waals surface area contributed by atoms with E-state index in [4.69, 9.17) is 26.7 Å². The van der Waals surface area contributed by atoms with Crippen LogP contribution in [0.2, 0.25) is 0 Å². The van der Waals surface area contributed by atoms with Crippen molar-refractivity contribution in [3.63, 3.8) is 0 Å². The number of nitrogens with zero attached hydrogens (tertiary/aromatic N) is 3. The summed E-state index contributed by atoms with van der Waals surface area (Å²) in [7, 11) is 0. The van der Waals surface area contributed by atoms with Gasteiger partial charge in [-0.1, -0.05) is 18.9 Å². The summed E-state index contributed by atoms with van der Waals surface area (Å²) in [5.74, 6) is 3.06. The number of fused-ring (bicyclic) bond motifs is 1. The van der Waals surface area contributed by atoms with Crippen molar-refractivity contribution in [1.82, 2.24) is 15.3 Å². The average molecular weight is 414 g/mol. The van der Waals surface area contributed by atoms with Crippen LogP contribution >= 0.6 is 12.2 Å². The third-order valence-electron chi connectivity index (χ3n) is 5.06. The Bertz CT molecular complexity index is 868. The first-order chi connectivity index (χ1) is 14.2. The van der Waals surface area contributed by atoms with Crippen LogP contribution in [0.25, 0.3) is 0 Å². The van der Waals surface area contributed by atoms with Crippen molar-refractivity contribution in [2.75, 3.05) is 36.5 Å². The monoisotopic (exact) mass is 413 g/mol. The number of aryl methyl sites for hydroxylation is 1. The molecule has 1 aromatic heterocycles. The van der Waals surface area contributed by atoms with Gasteiger partial charge >= 0.3 is 0 Å². The van der Waals surface area contributed by atoms with Crippen molar-refractivity contribution in [1.29, 1.82) is 0 Å². The Morgan fingerprint density at radius 1 is 1.03 bits per heavy atom. The van der Waals surface area contributed by atoms with E-state index in [2.05, 4.69) is 20.5 Å². The van der Waals surface area contributed by atoms with Crippen LogP contribution in [-0.4, -0.2) is 41.4 Å². The molecule has 3 heterocycles. The van der Waals surface area contributed by atoms with E-state index < -0.39 is 0 Å². The molecule has 8 heteroatoms. The molecule has 29 heavy (non-hydrogen) atoms. The van der Waals surface area contributed by atoms with Gasteiger partial charge in [-0.25, -0.2) is 4.98 Å². The fraction of sp³-hybridized carbons (Fsp3) is 0.476. The van der Waals surface area contributed by atoms with Crippen LogP contribution in [0.1, 0.15) is 36.9 Å². The summed E-state index contributed by atoms with van der Waals surface area (Å²) in [5.41, 5.74) is 1.99. The van der Waals surface area contributed by atoms with Crippen LogP contribution in [0.4, 0.5) is 11.8 Å². The number of nitrogens with one attached hydrogen (secondary N) is 2. The molecule has 0 aliphatic carbocycles. The summed E-state index contributed by atoms with van der Waals surface area (Å²) in [6.45, 7) is 5.82. The van der Waals surface area contributed by atoms with E-state index in [9.17, 15) is 0 Å². The van der Waals surface area contributed by atoms with Gasteiger partial charge in [0, 0.05) is 31.4 Å². The van der Waals surface area contributed by atoms with E-state index in [0.717, 1.165) is 41.7 Å². The SMILES string of the molecule is Cc1cc(N2CCCCCC2)nc(NC(=S)NCc2ccc3c(c2)OCCO3)n1. The summed E-state index contributed by atoms with van der Waals surface area (Å²) in [5, 5.41) is 6.83. The molecule has 0 bridgehead atoms. The maximum Gasteiger partial charge on any atom is 0.231 e. The number of benzene rings is 1. The summed E-state index contributed by atoms with van der Waals surface area (Å²) in [6.07, 6.45) is 5.00. The van der Waals surface area contributed by atoms with Gasteiger partial charge in [0.1, 0.15) is 19.0 Å². The maximum atomic E-state index is 5.63. The molecule has 2 aliphatic rings. The third kappa shape index (κ3) is 5.26. The quantitative estimate of drug-likeness (QED) is 0.739. The molecule has 0 saturated carbocycles. The molecule has 0 atom stereocenters. The maximum absolute atomic E-state index is 5.63. The molecular weight excluding hydrogens is 386 g/mol. The van der Waals surface area contributed by atoms with E-state index in [1.54, 1.807) is 0 Å². The molecular formula is C21H27N5O2S. The van der Waals surface area contributed by atoms with Crippen molar-refractivity contribution < 1.29 is 9.47 Å². The molecule has 154 valence electrons. The van der Waals surface area contributed by atoms with E-state index in [1.807, 2.05) is 31.2 Å². The second kappa shape index (κ2) is 9.26. The second-order valence-electron chi connectivity index (χ2n) is 7.38. The largest absolute Gasteiger partial charge is 0.486 e. The number of anilines is 2. The minimum absolute atomic E-state index is 0.493. The van der Waals surface area contributed by atoms with Gasteiger partial charge in [-0.15, -0.1) is 0 Å². The Labute approximate surface area is 176 Å². The van der Waals surface area contributed by atoms with Crippen molar-refractivity contribution in [3.05, 3.63) is 35.5 Å². The van der Waals surface area contributed by atoms with Gasteiger partial charge in [0.25, 0.3) is 0 Å². The zero-order valence-corrected chi connectivity index (χ0v) is 17.6. The van der Waals surface area contributed by atoms with Crippen molar-refractivity contribution >= 4 is 29.1 Å². The number of hydrogen-bond acceptors (Lipinski definition) is 6. The van der Waals surface area contributed by atoms with Gasteiger partial charge in [0.2, 0.25) is 5.95 Å². The molecule has 7 nitrogen and oxygen atoms in total. The lowest BCUT2D eigenvalue weighted by atomic mass is 10.2. The van der Waals surface area contributed by atoms with Crippen LogP contribution in [0.3, 0.4) is 0 Å². The average Bonchev–Trinajstić information content (AvgIpc) is 3.01. The van der Waals surface area contributed by atoms with E-state index in [1.165, 1.54) is 25.7 Å². The van der Waals surface area contributed by atoms with Gasteiger partial charge in [0.15, 0.2) is 16.6 Å². The van der Waals surface area contributed by atoms with E-state index in [-0.39, 0.29) is 0 Å².